The molecule has 60 valence electrons. The summed E-state index contributed by atoms with van der Waals surface area (Å²) < 4.78 is 10.8. The lowest BCUT2D eigenvalue weighted by Gasteiger charge is -2.21. The van der Waals surface area contributed by atoms with Crippen LogP contribution in [0.2, 0.25) is 19.6 Å². The van der Waals surface area contributed by atoms with E-state index in [2.05, 4.69) is 19.7 Å². The van der Waals surface area contributed by atoms with Crippen molar-refractivity contribution >= 4 is 17.6 Å². The lowest BCUT2D eigenvalue weighted by atomic mass is 11.3. The van der Waals surface area contributed by atoms with E-state index in [0.29, 0.717) is 0 Å². The van der Waals surface area contributed by atoms with E-state index in [1.54, 1.807) is 7.11 Å². The SMILES string of the molecule is C=C[Si](C)(C)O[SiH](C)OC. The Morgan fingerprint density at radius 3 is 2.30 bits per heavy atom. The Kier molecular flexibility index (Phi) is 4.11. The van der Waals surface area contributed by atoms with Crippen molar-refractivity contribution in [2.45, 2.75) is 19.6 Å². The van der Waals surface area contributed by atoms with Gasteiger partial charge >= 0.3 is 9.28 Å². The lowest BCUT2D eigenvalue weighted by Crippen LogP contribution is -2.35. The molecule has 0 fully saturated rings. The second-order valence-electron chi connectivity index (χ2n) is 2.73. The van der Waals surface area contributed by atoms with Crippen LogP contribution in [0.3, 0.4) is 0 Å². The van der Waals surface area contributed by atoms with Crippen molar-refractivity contribution in [1.82, 2.24) is 0 Å². The molecule has 0 heterocycles. The number of hydrogen-bond acceptors (Lipinski definition) is 2. The molecule has 0 rings (SSSR count). The molecular formula is C6H16O2Si2. The first-order valence-electron chi connectivity index (χ1n) is 3.36. The summed E-state index contributed by atoms with van der Waals surface area (Å²) in [6.45, 7) is 9.98. The summed E-state index contributed by atoms with van der Waals surface area (Å²) in [6.07, 6.45) is 0. The third-order valence-corrected chi connectivity index (χ3v) is 6.70. The third-order valence-electron chi connectivity index (χ3n) is 1.29. The van der Waals surface area contributed by atoms with Gasteiger partial charge in [-0.05, 0) is 19.6 Å². The summed E-state index contributed by atoms with van der Waals surface area (Å²) in [7, 11) is -1.20. The van der Waals surface area contributed by atoms with Gasteiger partial charge in [0.05, 0.1) is 0 Å². The maximum absolute atomic E-state index is 5.67. The zero-order chi connectivity index (χ0) is 8.20. The molecule has 0 aliphatic heterocycles. The maximum atomic E-state index is 5.67. The van der Waals surface area contributed by atoms with E-state index in [0.717, 1.165) is 0 Å². The van der Waals surface area contributed by atoms with Crippen molar-refractivity contribution in [3.05, 3.63) is 12.3 Å². The van der Waals surface area contributed by atoms with Crippen molar-refractivity contribution in [2.75, 3.05) is 7.11 Å². The molecule has 1 unspecified atom stereocenters. The van der Waals surface area contributed by atoms with Crippen LogP contribution < -0.4 is 0 Å². The third kappa shape index (κ3) is 4.00. The molecule has 2 nitrogen and oxygen atoms in total. The van der Waals surface area contributed by atoms with Crippen LogP contribution in [0.5, 0.6) is 0 Å². The molecule has 0 radical (unpaired) electrons. The Bertz CT molecular complexity index is 114. The summed E-state index contributed by atoms with van der Waals surface area (Å²) >= 11 is 0. The van der Waals surface area contributed by atoms with Crippen LogP contribution in [0.4, 0.5) is 0 Å². The van der Waals surface area contributed by atoms with E-state index in [1.165, 1.54) is 0 Å². The van der Waals surface area contributed by atoms with E-state index in [4.69, 9.17) is 8.54 Å². The summed E-state index contributed by atoms with van der Waals surface area (Å²) in [5.74, 6) is 0. The topological polar surface area (TPSA) is 18.5 Å². The predicted octanol–water partition coefficient (Wildman–Crippen LogP) is 1.43. The van der Waals surface area contributed by atoms with E-state index in [9.17, 15) is 0 Å². The van der Waals surface area contributed by atoms with Gasteiger partial charge in [-0.25, -0.2) is 0 Å². The quantitative estimate of drug-likeness (QED) is 0.603. The molecule has 10 heavy (non-hydrogen) atoms. The first-order chi connectivity index (χ1) is 4.52. The van der Waals surface area contributed by atoms with Gasteiger partial charge in [-0.3, -0.25) is 0 Å². The highest BCUT2D eigenvalue weighted by Gasteiger charge is 2.20. The van der Waals surface area contributed by atoms with Crippen LogP contribution in [0, 0.1) is 0 Å². The molecule has 1 atom stereocenters. The van der Waals surface area contributed by atoms with E-state index in [1.807, 2.05) is 12.2 Å². The zero-order valence-corrected chi connectivity index (χ0v) is 9.33. The van der Waals surface area contributed by atoms with Gasteiger partial charge in [0.2, 0.25) is 0 Å². The second-order valence-corrected chi connectivity index (χ2v) is 8.89. The highest BCUT2D eigenvalue weighted by Crippen LogP contribution is 2.06. The van der Waals surface area contributed by atoms with Gasteiger partial charge in [0.1, 0.15) is 0 Å². The maximum Gasteiger partial charge on any atom is 0.307 e. The van der Waals surface area contributed by atoms with Gasteiger partial charge in [-0.1, -0.05) is 5.70 Å². The molecule has 0 aromatic heterocycles. The molecule has 0 aromatic carbocycles. The zero-order valence-electron chi connectivity index (χ0n) is 7.18. The second kappa shape index (κ2) is 4.07. The minimum absolute atomic E-state index is 1.33. The molecule has 0 saturated carbocycles. The summed E-state index contributed by atoms with van der Waals surface area (Å²) in [5, 5.41) is 0. The molecule has 0 aromatic rings. The van der Waals surface area contributed by atoms with Crippen LogP contribution in [0.25, 0.3) is 0 Å². The van der Waals surface area contributed by atoms with Crippen LogP contribution in [0.15, 0.2) is 12.3 Å². The largest absolute Gasteiger partial charge is 0.435 e. The van der Waals surface area contributed by atoms with Crippen molar-refractivity contribution in [3.63, 3.8) is 0 Å². The normalized spacial score (nSPS) is 14.8. The average molecular weight is 176 g/mol. The highest BCUT2D eigenvalue weighted by atomic mass is 28.4. The molecule has 0 aliphatic rings. The fourth-order valence-electron chi connectivity index (χ4n) is 0.524. The predicted molar refractivity (Wildman–Crippen MR) is 48.8 cm³/mol. The Balaban J connectivity index is 3.75. The Hall–Kier alpha value is 0.0938. The number of rotatable bonds is 4. The minimum atomic E-state index is -1.56. The van der Waals surface area contributed by atoms with Crippen molar-refractivity contribution in [2.24, 2.45) is 0 Å². The number of hydrogen-bond donors (Lipinski definition) is 0. The Morgan fingerprint density at radius 2 is 2.00 bits per heavy atom. The van der Waals surface area contributed by atoms with Gasteiger partial charge in [0.25, 0.3) is 0 Å². The van der Waals surface area contributed by atoms with E-state index in [-0.39, 0.29) is 0 Å². The van der Waals surface area contributed by atoms with Gasteiger partial charge < -0.3 is 8.54 Å². The van der Waals surface area contributed by atoms with Crippen molar-refractivity contribution in [3.8, 4) is 0 Å². The first kappa shape index (κ1) is 10.1. The van der Waals surface area contributed by atoms with Crippen molar-refractivity contribution < 1.29 is 8.54 Å². The Morgan fingerprint density at radius 1 is 1.50 bits per heavy atom. The van der Waals surface area contributed by atoms with E-state index >= 15 is 0 Å². The summed E-state index contributed by atoms with van der Waals surface area (Å²) in [4.78, 5) is 0. The molecule has 0 spiro atoms. The van der Waals surface area contributed by atoms with Gasteiger partial charge in [-0.2, -0.15) is 0 Å². The smallest absolute Gasteiger partial charge is 0.307 e. The molecule has 0 amide bonds. The summed E-state index contributed by atoms with van der Waals surface area (Å²) in [5.41, 5.74) is 1.93. The average Bonchev–Trinajstić information content (AvgIpc) is 1.87. The van der Waals surface area contributed by atoms with Gasteiger partial charge in [0.15, 0.2) is 8.32 Å². The van der Waals surface area contributed by atoms with Crippen LogP contribution in [0.1, 0.15) is 0 Å². The molecular weight excluding hydrogens is 160 g/mol. The van der Waals surface area contributed by atoms with Gasteiger partial charge in [0, 0.05) is 7.11 Å². The van der Waals surface area contributed by atoms with E-state index < -0.39 is 17.6 Å². The monoisotopic (exact) mass is 176 g/mol. The fourth-order valence-corrected chi connectivity index (χ4v) is 4.72. The van der Waals surface area contributed by atoms with Crippen LogP contribution >= 0.6 is 0 Å². The molecule has 0 N–H and O–H groups in total. The fraction of sp³-hybridized carbons (Fsp3) is 0.667. The lowest BCUT2D eigenvalue weighted by molar-refractivity contribution is 0.341. The highest BCUT2D eigenvalue weighted by molar-refractivity contribution is 6.80. The molecule has 0 saturated heterocycles. The molecule has 0 aliphatic carbocycles. The van der Waals surface area contributed by atoms with Crippen LogP contribution in [-0.2, 0) is 8.54 Å². The minimum Gasteiger partial charge on any atom is -0.435 e. The van der Waals surface area contributed by atoms with Crippen LogP contribution in [-0.4, -0.2) is 24.7 Å². The molecule has 4 heteroatoms. The van der Waals surface area contributed by atoms with Crippen molar-refractivity contribution in [1.29, 1.82) is 0 Å². The standard InChI is InChI=1S/C6H16O2Si2/c1-6-10(4,5)8-9(3)7-2/h6,9H,1H2,2-5H3. The van der Waals surface area contributed by atoms with Gasteiger partial charge in [-0.15, -0.1) is 6.58 Å². The summed E-state index contributed by atoms with van der Waals surface area (Å²) in [6, 6.07) is 0. The Labute approximate surface area is 65.8 Å². The first-order valence-corrected chi connectivity index (χ1v) is 8.44. The molecule has 0 bridgehead atoms.